The van der Waals surface area contributed by atoms with Gasteiger partial charge in [-0.15, -0.1) is 0 Å². The Balaban J connectivity index is 5.48. The Morgan fingerprint density at radius 3 is 1.70 bits per heavy atom. The zero-order valence-electron chi connectivity index (χ0n) is 20.5. The van der Waals surface area contributed by atoms with E-state index < -0.39 is 53.8 Å². The maximum absolute atomic E-state index is 12.9. The van der Waals surface area contributed by atoms with E-state index in [1.54, 1.807) is 13.8 Å². The van der Waals surface area contributed by atoms with Crippen molar-refractivity contribution in [2.75, 3.05) is 0 Å². The van der Waals surface area contributed by atoms with Crippen LogP contribution in [0.5, 0.6) is 0 Å². The number of carboxylic acids is 1. The lowest BCUT2D eigenvalue weighted by atomic mass is 9.99. The van der Waals surface area contributed by atoms with Crippen molar-refractivity contribution in [1.82, 2.24) is 16.0 Å². The molecule has 0 radical (unpaired) electrons. The summed E-state index contributed by atoms with van der Waals surface area (Å²) in [6.07, 6.45) is 0.398. The van der Waals surface area contributed by atoms with Gasteiger partial charge in [0.25, 0.3) is 0 Å². The van der Waals surface area contributed by atoms with Crippen LogP contribution in [-0.4, -0.2) is 58.9 Å². The molecule has 0 saturated heterocycles. The van der Waals surface area contributed by atoms with Crippen LogP contribution in [0, 0.1) is 17.8 Å². The second-order valence-electron chi connectivity index (χ2n) is 9.56. The highest BCUT2D eigenvalue weighted by atomic mass is 16.4. The summed E-state index contributed by atoms with van der Waals surface area (Å²) in [7, 11) is 0. The Morgan fingerprint density at radius 2 is 1.27 bits per heavy atom. The zero-order chi connectivity index (χ0) is 25.9. The van der Waals surface area contributed by atoms with Crippen molar-refractivity contribution in [2.45, 2.75) is 91.4 Å². The molecular formula is C22H41N5O6. The Morgan fingerprint density at radius 1 is 0.758 bits per heavy atom. The first-order valence-corrected chi connectivity index (χ1v) is 11.3. The van der Waals surface area contributed by atoms with Gasteiger partial charge >= 0.3 is 5.97 Å². The third-order valence-corrected chi connectivity index (χ3v) is 4.94. The Bertz CT molecular complexity index is 695. The lowest BCUT2D eigenvalue weighted by molar-refractivity contribution is -0.143. The Hall–Kier alpha value is -2.69. The van der Waals surface area contributed by atoms with Crippen LogP contribution in [0.2, 0.25) is 0 Å². The van der Waals surface area contributed by atoms with E-state index in [1.807, 2.05) is 27.7 Å². The van der Waals surface area contributed by atoms with Gasteiger partial charge in [-0.2, -0.15) is 0 Å². The van der Waals surface area contributed by atoms with Crippen LogP contribution in [0.15, 0.2) is 0 Å². The molecule has 0 fully saturated rings. The second kappa shape index (κ2) is 14.5. The summed E-state index contributed by atoms with van der Waals surface area (Å²) in [5.41, 5.74) is 11.1. The van der Waals surface area contributed by atoms with Crippen LogP contribution >= 0.6 is 0 Å². The van der Waals surface area contributed by atoms with E-state index in [1.165, 1.54) is 0 Å². The molecule has 0 aliphatic rings. The molecule has 0 spiro atoms. The normalized spacial score (nSPS) is 15.0. The summed E-state index contributed by atoms with van der Waals surface area (Å²) in [6, 6.07) is -4.13. The van der Waals surface area contributed by atoms with Gasteiger partial charge in [0.15, 0.2) is 0 Å². The van der Waals surface area contributed by atoms with Crippen molar-refractivity contribution in [2.24, 2.45) is 29.2 Å². The minimum atomic E-state index is -1.17. The summed E-state index contributed by atoms with van der Waals surface area (Å²) in [6.45, 7) is 10.9. The van der Waals surface area contributed by atoms with Crippen molar-refractivity contribution in [3.05, 3.63) is 0 Å². The fraction of sp³-hybridized carbons (Fsp3) is 0.773. The number of carboxylic acid groups (broad SMARTS) is 1. The third-order valence-electron chi connectivity index (χ3n) is 4.94. The van der Waals surface area contributed by atoms with Gasteiger partial charge in [-0.3, -0.25) is 19.2 Å². The van der Waals surface area contributed by atoms with Crippen LogP contribution in [0.1, 0.15) is 67.2 Å². The van der Waals surface area contributed by atoms with Crippen LogP contribution in [-0.2, 0) is 24.0 Å². The molecule has 0 aromatic rings. The number of carbonyl (C=O) groups excluding carboxylic acids is 4. The third kappa shape index (κ3) is 12.2. The highest BCUT2D eigenvalue weighted by Gasteiger charge is 2.32. The molecule has 0 aliphatic heterocycles. The fourth-order valence-corrected chi connectivity index (χ4v) is 3.19. The monoisotopic (exact) mass is 471 g/mol. The number of primary amides is 1. The minimum Gasteiger partial charge on any atom is -0.480 e. The maximum atomic E-state index is 12.9. The lowest BCUT2D eigenvalue weighted by Gasteiger charge is -2.27. The number of carbonyl (C=O) groups is 5. The molecule has 4 unspecified atom stereocenters. The smallest absolute Gasteiger partial charge is 0.326 e. The molecule has 0 rings (SSSR count). The van der Waals surface area contributed by atoms with E-state index in [0.29, 0.717) is 6.42 Å². The maximum Gasteiger partial charge on any atom is 0.326 e. The van der Waals surface area contributed by atoms with Crippen LogP contribution < -0.4 is 27.4 Å². The molecule has 0 aromatic heterocycles. The van der Waals surface area contributed by atoms with Crippen molar-refractivity contribution in [1.29, 1.82) is 0 Å². The van der Waals surface area contributed by atoms with Gasteiger partial charge in [0.05, 0.1) is 6.04 Å². The molecule has 4 amide bonds. The van der Waals surface area contributed by atoms with E-state index in [0.717, 1.165) is 0 Å². The first-order valence-electron chi connectivity index (χ1n) is 11.3. The molecule has 33 heavy (non-hydrogen) atoms. The summed E-state index contributed by atoms with van der Waals surface area (Å²) in [4.78, 5) is 60.9. The largest absolute Gasteiger partial charge is 0.480 e. The fourth-order valence-electron chi connectivity index (χ4n) is 3.19. The van der Waals surface area contributed by atoms with E-state index in [-0.39, 0.29) is 37.0 Å². The standard InChI is InChI=1S/C22H41N5O6/c1-11(2)9-14(23)19(29)25-15(7-8-17(24)28)20(30)27-18(13(5)6)21(31)26-16(22(32)33)10-12(3)4/h11-16,18H,7-10,23H2,1-6H3,(H2,24,28)(H,25,29)(H,26,31)(H,27,30)(H,32,33). The topological polar surface area (TPSA) is 194 Å². The number of amides is 4. The van der Waals surface area contributed by atoms with Crippen LogP contribution in [0.4, 0.5) is 0 Å². The van der Waals surface area contributed by atoms with Crippen molar-refractivity contribution >= 4 is 29.6 Å². The Labute approximate surface area is 195 Å². The molecule has 0 aliphatic carbocycles. The zero-order valence-corrected chi connectivity index (χ0v) is 20.5. The van der Waals surface area contributed by atoms with Crippen molar-refractivity contribution in [3.8, 4) is 0 Å². The molecule has 11 nitrogen and oxygen atoms in total. The minimum absolute atomic E-state index is 0.0296. The van der Waals surface area contributed by atoms with E-state index >= 15 is 0 Å². The van der Waals surface area contributed by atoms with Gasteiger partial charge in [-0.05, 0) is 37.0 Å². The number of nitrogens with two attached hydrogens (primary N) is 2. The average Bonchev–Trinajstić information content (AvgIpc) is 2.66. The molecular weight excluding hydrogens is 430 g/mol. The molecule has 0 bridgehead atoms. The number of hydrogen-bond donors (Lipinski definition) is 6. The van der Waals surface area contributed by atoms with Gasteiger partial charge in [-0.1, -0.05) is 41.5 Å². The summed E-state index contributed by atoms with van der Waals surface area (Å²) < 4.78 is 0. The van der Waals surface area contributed by atoms with Gasteiger partial charge in [-0.25, -0.2) is 4.79 Å². The number of hydrogen-bond acceptors (Lipinski definition) is 6. The lowest BCUT2D eigenvalue weighted by Crippen LogP contribution is -2.58. The van der Waals surface area contributed by atoms with Crippen molar-refractivity contribution in [3.63, 3.8) is 0 Å². The summed E-state index contributed by atoms with van der Waals surface area (Å²) in [5, 5.41) is 17.0. The van der Waals surface area contributed by atoms with Crippen LogP contribution in [0.25, 0.3) is 0 Å². The predicted octanol–water partition coefficient (Wildman–Crippen LogP) is -0.134. The molecule has 8 N–H and O–H groups in total. The van der Waals surface area contributed by atoms with Gasteiger partial charge in [0.2, 0.25) is 23.6 Å². The molecule has 0 saturated carbocycles. The first-order chi connectivity index (χ1) is 15.1. The summed E-state index contributed by atoms with van der Waals surface area (Å²) in [5.74, 6) is -3.90. The van der Waals surface area contributed by atoms with E-state index in [4.69, 9.17) is 11.5 Å². The highest BCUT2D eigenvalue weighted by Crippen LogP contribution is 2.09. The predicted molar refractivity (Wildman–Crippen MR) is 124 cm³/mol. The molecule has 11 heteroatoms. The quantitative estimate of drug-likeness (QED) is 0.191. The number of rotatable bonds is 15. The highest BCUT2D eigenvalue weighted by molar-refractivity contribution is 5.94. The summed E-state index contributed by atoms with van der Waals surface area (Å²) >= 11 is 0. The van der Waals surface area contributed by atoms with Gasteiger partial charge in [0.1, 0.15) is 18.1 Å². The molecule has 0 heterocycles. The molecule has 190 valence electrons. The van der Waals surface area contributed by atoms with Crippen LogP contribution in [0.3, 0.4) is 0 Å². The Kier molecular flexibility index (Phi) is 13.3. The molecule has 0 aromatic carbocycles. The molecule has 4 atom stereocenters. The second-order valence-corrected chi connectivity index (χ2v) is 9.56. The first kappa shape index (κ1) is 30.3. The van der Waals surface area contributed by atoms with Crippen molar-refractivity contribution < 1.29 is 29.1 Å². The SMILES string of the molecule is CC(C)CC(N)C(=O)NC(CCC(N)=O)C(=O)NC(C(=O)NC(CC(C)C)C(=O)O)C(C)C. The van der Waals surface area contributed by atoms with Gasteiger partial charge < -0.3 is 32.5 Å². The number of aliphatic carboxylic acids is 1. The number of nitrogens with one attached hydrogen (secondary N) is 3. The van der Waals surface area contributed by atoms with E-state index in [2.05, 4.69) is 16.0 Å². The van der Waals surface area contributed by atoms with E-state index in [9.17, 15) is 29.1 Å². The van der Waals surface area contributed by atoms with Gasteiger partial charge in [0, 0.05) is 6.42 Å². The average molecular weight is 472 g/mol.